The molecule has 0 fully saturated rings. The minimum absolute atomic E-state index is 0.642. The van der Waals surface area contributed by atoms with E-state index in [2.05, 4.69) is 0 Å². The van der Waals surface area contributed by atoms with Crippen LogP contribution in [0.3, 0.4) is 0 Å². The number of hydrogen-bond acceptors (Lipinski definition) is 0. The molecule has 0 nitrogen and oxygen atoms in total. The molecule has 1 aromatic rings. The van der Waals surface area contributed by atoms with E-state index in [9.17, 15) is 13.2 Å². The molecule has 0 bridgehead atoms. The second-order valence-electron chi connectivity index (χ2n) is 2.41. The highest BCUT2D eigenvalue weighted by atomic mass is 35.5. The smallest absolute Gasteiger partial charge is 0.166 e. The van der Waals surface area contributed by atoms with Gasteiger partial charge in [-0.3, -0.25) is 0 Å². The van der Waals surface area contributed by atoms with Gasteiger partial charge in [-0.15, -0.1) is 0 Å². The fourth-order valence-corrected chi connectivity index (χ4v) is 1.00. The predicted octanol–water partition coefficient (Wildman–Crippen LogP) is 3.91. The van der Waals surface area contributed by atoms with Crippen LogP contribution in [0.1, 0.15) is 11.1 Å². The minimum Gasteiger partial charge on any atom is -0.166 e. The van der Waals surface area contributed by atoms with Gasteiger partial charge in [0.25, 0.3) is 0 Å². The Morgan fingerprint density at radius 3 is 2.00 bits per heavy atom. The number of hydrogen-bond donors (Lipinski definition) is 0. The summed E-state index contributed by atoms with van der Waals surface area (Å²) in [6, 6.07) is 4.77. The van der Waals surface area contributed by atoms with Gasteiger partial charge in [-0.25, -0.2) is 0 Å². The van der Waals surface area contributed by atoms with Gasteiger partial charge >= 0.3 is 6.18 Å². The van der Waals surface area contributed by atoms with Crippen LogP contribution in [0.15, 0.2) is 29.8 Å². The van der Waals surface area contributed by atoms with Crippen LogP contribution in [-0.4, -0.2) is 0 Å². The molecule has 0 heterocycles. The summed E-state index contributed by atoms with van der Waals surface area (Å²) in [4.78, 5) is 0. The molecule has 1 rings (SSSR count). The number of benzene rings is 1. The first-order chi connectivity index (χ1) is 6.04. The van der Waals surface area contributed by atoms with Gasteiger partial charge in [0, 0.05) is 5.54 Å². The molecule has 0 spiro atoms. The van der Waals surface area contributed by atoms with Crippen molar-refractivity contribution in [2.24, 2.45) is 0 Å². The van der Waals surface area contributed by atoms with Gasteiger partial charge in [0.2, 0.25) is 0 Å². The Morgan fingerprint density at radius 1 is 1.08 bits per heavy atom. The van der Waals surface area contributed by atoms with Gasteiger partial charge in [0.1, 0.15) is 0 Å². The molecule has 0 saturated carbocycles. The number of rotatable bonds is 1. The average Bonchev–Trinajstić information content (AvgIpc) is 2.04. The molecule has 0 amide bonds. The Labute approximate surface area is 78.6 Å². The van der Waals surface area contributed by atoms with Crippen LogP contribution >= 0.6 is 11.6 Å². The molecule has 0 atom stereocenters. The second kappa shape index (κ2) is 3.83. The van der Waals surface area contributed by atoms with Crippen LogP contribution in [0.25, 0.3) is 6.08 Å². The highest BCUT2D eigenvalue weighted by Crippen LogP contribution is 2.29. The lowest BCUT2D eigenvalue weighted by atomic mass is 10.1. The molecular weight excluding hydrogens is 201 g/mol. The van der Waals surface area contributed by atoms with E-state index in [0.717, 1.165) is 12.1 Å². The number of halogens is 4. The van der Waals surface area contributed by atoms with Crippen LogP contribution < -0.4 is 0 Å². The molecule has 4 heteroatoms. The highest BCUT2D eigenvalue weighted by molar-refractivity contribution is 6.27. The van der Waals surface area contributed by atoms with Crippen molar-refractivity contribution in [2.75, 3.05) is 0 Å². The maximum atomic E-state index is 12.1. The summed E-state index contributed by atoms with van der Waals surface area (Å²) in [5, 5.41) is 0. The minimum atomic E-state index is -4.27. The van der Waals surface area contributed by atoms with Crippen LogP contribution in [-0.2, 0) is 6.18 Å². The molecule has 70 valence electrons. The third-order valence-corrected chi connectivity index (χ3v) is 1.62. The van der Waals surface area contributed by atoms with Gasteiger partial charge in [-0.2, -0.15) is 13.2 Å². The topological polar surface area (TPSA) is 0 Å². The van der Waals surface area contributed by atoms with E-state index in [-0.39, 0.29) is 0 Å². The van der Waals surface area contributed by atoms with Crippen molar-refractivity contribution in [2.45, 2.75) is 6.18 Å². The van der Waals surface area contributed by atoms with E-state index in [1.807, 2.05) is 0 Å². The molecule has 0 aliphatic rings. The fourth-order valence-electron chi connectivity index (χ4n) is 0.856. The van der Waals surface area contributed by atoms with Crippen LogP contribution in [0, 0.1) is 0 Å². The number of alkyl halides is 3. The standard InChI is InChI=1S/C9H6ClF3/c10-6-5-7-1-3-8(4-2-7)9(11,12)13/h1-6H/b6-5+. The average molecular weight is 207 g/mol. The zero-order valence-electron chi connectivity index (χ0n) is 6.48. The van der Waals surface area contributed by atoms with Crippen molar-refractivity contribution < 1.29 is 13.2 Å². The first-order valence-corrected chi connectivity index (χ1v) is 3.91. The molecule has 0 aromatic heterocycles. The molecule has 0 radical (unpaired) electrons. The summed E-state index contributed by atoms with van der Waals surface area (Å²) in [6.45, 7) is 0. The third kappa shape index (κ3) is 2.77. The van der Waals surface area contributed by atoms with E-state index >= 15 is 0 Å². The highest BCUT2D eigenvalue weighted by Gasteiger charge is 2.29. The van der Waals surface area contributed by atoms with Crippen molar-refractivity contribution in [3.63, 3.8) is 0 Å². The summed E-state index contributed by atoms with van der Waals surface area (Å²) >= 11 is 5.26. The first kappa shape index (κ1) is 10.1. The normalized spacial score (nSPS) is 12.3. The van der Waals surface area contributed by atoms with E-state index in [1.54, 1.807) is 0 Å². The lowest BCUT2D eigenvalue weighted by Gasteiger charge is -2.05. The maximum absolute atomic E-state index is 12.1. The van der Waals surface area contributed by atoms with E-state index in [1.165, 1.54) is 23.7 Å². The van der Waals surface area contributed by atoms with Gasteiger partial charge in [-0.1, -0.05) is 23.7 Å². The molecule has 0 unspecified atom stereocenters. The second-order valence-corrected chi connectivity index (χ2v) is 2.66. The Kier molecular flexibility index (Phi) is 2.98. The third-order valence-electron chi connectivity index (χ3n) is 1.49. The van der Waals surface area contributed by atoms with Gasteiger partial charge in [-0.05, 0) is 23.8 Å². The lowest BCUT2D eigenvalue weighted by Crippen LogP contribution is -2.03. The molecule has 0 aliphatic carbocycles. The zero-order valence-corrected chi connectivity index (χ0v) is 7.23. The quantitative estimate of drug-likeness (QED) is 0.654. The summed E-state index contributed by atoms with van der Waals surface area (Å²) < 4.78 is 36.2. The van der Waals surface area contributed by atoms with E-state index in [4.69, 9.17) is 11.6 Å². The first-order valence-electron chi connectivity index (χ1n) is 3.48. The monoisotopic (exact) mass is 206 g/mol. The van der Waals surface area contributed by atoms with Crippen molar-refractivity contribution >= 4 is 17.7 Å². The van der Waals surface area contributed by atoms with Gasteiger partial charge < -0.3 is 0 Å². The Bertz CT molecular complexity index is 298. The SMILES string of the molecule is FC(F)(F)c1ccc(/C=C/Cl)cc1. The zero-order chi connectivity index (χ0) is 9.90. The Morgan fingerprint density at radius 2 is 1.62 bits per heavy atom. The summed E-state index contributed by atoms with van der Waals surface area (Å²) in [6.07, 6.45) is -2.76. The maximum Gasteiger partial charge on any atom is 0.416 e. The fraction of sp³-hybridized carbons (Fsp3) is 0.111. The summed E-state index contributed by atoms with van der Waals surface area (Å²) in [5.41, 5.74) is 1.24. The Balaban J connectivity index is 2.94. The van der Waals surface area contributed by atoms with Gasteiger partial charge in [0.05, 0.1) is 5.56 Å². The molecule has 0 N–H and O–H groups in total. The Hall–Kier alpha value is -0.960. The van der Waals surface area contributed by atoms with Crippen LogP contribution in [0.4, 0.5) is 13.2 Å². The molecule has 1 aromatic carbocycles. The predicted molar refractivity (Wildman–Crippen MR) is 46.3 cm³/mol. The molecule has 13 heavy (non-hydrogen) atoms. The summed E-state index contributed by atoms with van der Waals surface area (Å²) in [7, 11) is 0. The van der Waals surface area contributed by atoms with E-state index < -0.39 is 11.7 Å². The van der Waals surface area contributed by atoms with Gasteiger partial charge in [0.15, 0.2) is 0 Å². The van der Waals surface area contributed by atoms with Crippen LogP contribution in [0.2, 0.25) is 0 Å². The molecule has 0 saturated heterocycles. The van der Waals surface area contributed by atoms with Crippen molar-refractivity contribution in [1.82, 2.24) is 0 Å². The van der Waals surface area contributed by atoms with E-state index in [0.29, 0.717) is 5.56 Å². The van der Waals surface area contributed by atoms with Crippen molar-refractivity contribution in [1.29, 1.82) is 0 Å². The van der Waals surface area contributed by atoms with Crippen molar-refractivity contribution in [3.05, 3.63) is 40.9 Å². The molecule has 0 aliphatic heterocycles. The largest absolute Gasteiger partial charge is 0.416 e. The lowest BCUT2D eigenvalue weighted by molar-refractivity contribution is -0.137. The molecular formula is C9H6ClF3. The summed E-state index contributed by atoms with van der Waals surface area (Å²) in [5.74, 6) is 0. The van der Waals surface area contributed by atoms with Crippen LogP contribution in [0.5, 0.6) is 0 Å². The van der Waals surface area contributed by atoms with Crippen molar-refractivity contribution in [3.8, 4) is 0 Å².